The van der Waals surface area contributed by atoms with Crippen molar-refractivity contribution in [2.24, 2.45) is 0 Å². The average molecular weight is 357 g/mol. The molecule has 0 radical (unpaired) electrons. The van der Waals surface area contributed by atoms with Crippen LogP contribution in [0.1, 0.15) is 35.5 Å². The first-order valence-electron chi connectivity index (χ1n) is 8.81. The highest BCUT2D eigenvalue weighted by Gasteiger charge is 2.24. The standard InChI is InChI=1S/C19H23N3O4/c1-14-13-17(21-26-14)19(24)20-15-7-10-22(11-8-15)18(23)9-12-25-16-5-3-2-4-6-16/h2-6,13,15H,7-12H2,1H3,(H,20,24). The summed E-state index contributed by atoms with van der Waals surface area (Å²) < 4.78 is 10.5. The molecular formula is C19H23N3O4. The molecule has 1 aliphatic heterocycles. The summed E-state index contributed by atoms with van der Waals surface area (Å²) in [6.45, 7) is 3.38. The van der Waals surface area contributed by atoms with Crippen LogP contribution in [-0.4, -0.2) is 47.6 Å². The molecule has 0 saturated carbocycles. The van der Waals surface area contributed by atoms with E-state index in [4.69, 9.17) is 9.26 Å². The molecule has 1 aromatic heterocycles. The van der Waals surface area contributed by atoms with Gasteiger partial charge in [-0.3, -0.25) is 9.59 Å². The third-order valence-corrected chi connectivity index (χ3v) is 4.37. The summed E-state index contributed by atoms with van der Waals surface area (Å²) in [4.78, 5) is 26.2. The van der Waals surface area contributed by atoms with Crippen LogP contribution in [-0.2, 0) is 4.79 Å². The molecule has 0 unspecified atom stereocenters. The zero-order chi connectivity index (χ0) is 18.4. The second-order valence-electron chi connectivity index (χ2n) is 6.36. The number of rotatable bonds is 6. The van der Waals surface area contributed by atoms with Crippen LogP contribution >= 0.6 is 0 Å². The average Bonchev–Trinajstić information content (AvgIpc) is 3.10. The van der Waals surface area contributed by atoms with Crippen LogP contribution in [0.5, 0.6) is 5.75 Å². The topological polar surface area (TPSA) is 84.7 Å². The number of piperidine rings is 1. The predicted molar refractivity (Wildman–Crippen MR) is 94.9 cm³/mol. The van der Waals surface area contributed by atoms with Crippen molar-refractivity contribution in [2.45, 2.75) is 32.2 Å². The molecule has 138 valence electrons. The molecule has 0 bridgehead atoms. The monoisotopic (exact) mass is 357 g/mol. The van der Waals surface area contributed by atoms with Crippen LogP contribution in [0.4, 0.5) is 0 Å². The van der Waals surface area contributed by atoms with Crippen LogP contribution in [0.3, 0.4) is 0 Å². The van der Waals surface area contributed by atoms with E-state index in [1.807, 2.05) is 35.2 Å². The number of aryl methyl sites for hydroxylation is 1. The van der Waals surface area contributed by atoms with Crippen molar-refractivity contribution >= 4 is 11.8 Å². The van der Waals surface area contributed by atoms with Crippen LogP contribution in [0.2, 0.25) is 0 Å². The van der Waals surface area contributed by atoms with Crippen molar-refractivity contribution in [1.82, 2.24) is 15.4 Å². The van der Waals surface area contributed by atoms with Crippen molar-refractivity contribution in [1.29, 1.82) is 0 Å². The second-order valence-corrected chi connectivity index (χ2v) is 6.36. The van der Waals surface area contributed by atoms with E-state index in [1.54, 1.807) is 13.0 Å². The van der Waals surface area contributed by atoms with Gasteiger partial charge in [0.1, 0.15) is 11.5 Å². The lowest BCUT2D eigenvalue weighted by molar-refractivity contribution is -0.132. The maximum atomic E-state index is 12.3. The number of benzene rings is 1. The fourth-order valence-electron chi connectivity index (χ4n) is 2.94. The van der Waals surface area contributed by atoms with Crippen LogP contribution in [0, 0.1) is 6.92 Å². The smallest absolute Gasteiger partial charge is 0.273 e. The molecule has 2 aromatic rings. The van der Waals surface area contributed by atoms with E-state index in [1.165, 1.54) is 0 Å². The van der Waals surface area contributed by atoms with E-state index in [0.717, 1.165) is 18.6 Å². The van der Waals surface area contributed by atoms with Gasteiger partial charge in [-0.15, -0.1) is 0 Å². The van der Waals surface area contributed by atoms with Gasteiger partial charge < -0.3 is 19.5 Å². The summed E-state index contributed by atoms with van der Waals surface area (Å²) in [6, 6.07) is 11.1. The summed E-state index contributed by atoms with van der Waals surface area (Å²) in [5.74, 6) is 1.22. The van der Waals surface area contributed by atoms with Gasteiger partial charge in [-0.2, -0.15) is 0 Å². The van der Waals surface area contributed by atoms with Gasteiger partial charge in [0, 0.05) is 25.2 Å². The summed E-state index contributed by atoms with van der Waals surface area (Å²) in [7, 11) is 0. The number of amides is 2. The molecule has 7 heteroatoms. The number of carbonyl (C=O) groups excluding carboxylic acids is 2. The van der Waals surface area contributed by atoms with E-state index >= 15 is 0 Å². The Kier molecular flexibility index (Phi) is 5.88. The zero-order valence-electron chi connectivity index (χ0n) is 14.8. The maximum Gasteiger partial charge on any atom is 0.273 e. The van der Waals surface area contributed by atoms with Gasteiger partial charge >= 0.3 is 0 Å². The molecule has 7 nitrogen and oxygen atoms in total. The molecule has 1 fully saturated rings. The number of likely N-dealkylation sites (tertiary alicyclic amines) is 1. The number of hydrogen-bond donors (Lipinski definition) is 1. The number of nitrogens with one attached hydrogen (secondary N) is 1. The van der Waals surface area contributed by atoms with Crippen molar-refractivity contribution in [3.05, 3.63) is 47.9 Å². The molecule has 0 aliphatic carbocycles. The summed E-state index contributed by atoms with van der Waals surface area (Å²) in [6.07, 6.45) is 1.81. The molecule has 2 amide bonds. The highest BCUT2D eigenvalue weighted by atomic mass is 16.5. The lowest BCUT2D eigenvalue weighted by atomic mass is 10.0. The van der Waals surface area contributed by atoms with Gasteiger partial charge in [-0.25, -0.2) is 0 Å². The zero-order valence-corrected chi connectivity index (χ0v) is 14.8. The fourth-order valence-corrected chi connectivity index (χ4v) is 2.94. The SMILES string of the molecule is Cc1cc(C(=O)NC2CCN(C(=O)CCOc3ccccc3)CC2)no1. The molecule has 26 heavy (non-hydrogen) atoms. The number of nitrogens with zero attached hydrogens (tertiary/aromatic N) is 2. The van der Waals surface area contributed by atoms with Crippen LogP contribution in [0.25, 0.3) is 0 Å². The molecule has 1 N–H and O–H groups in total. The van der Waals surface area contributed by atoms with Crippen molar-refractivity contribution in [3.8, 4) is 5.75 Å². The van der Waals surface area contributed by atoms with Crippen LogP contribution in [0.15, 0.2) is 40.9 Å². The highest BCUT2D eigenvalue weighted by Crippen LogP contribution is 2.14. The highest BCUT2D eigenvalue weighted by molar-refractivity contribution is 5.92. The number of para-hydroxylation sites is 1. The quantitative estimate of drug-likeness (QED) is 0.856. The van der Waals surface area contributed by atoms with Crippen LogP contribution < -0.4 is 10.1 Å². The van der Waals surface area contributed by atoms with E-state index in [2.05, 4.69) is 10.5 Å². The largest absolute Gasteiger partial charge is 0.493 e. The summed E-state index contributed by atoms with van der Waals surface area (Å²) in [5, 5.41) is 6.67. The van der Waals surface area contributed by atoms with E-state index in [9.17, 15) is 9.59 Å². The number of carbonyl (C=O) groups is 2. The Labute approximate surface area is 152 Å². The van der Waals surface area contributed by atoms with Gasteiger partial charge in [0.05, 0.1) is 13.0 Å². The Morgan fingerprint density at radius 1 is 1.27 bits per heavy atom. The lowest BCUT2D eigenvalue weighted by Crippen LogP contribution is -2.46. The molecule has 1 saturated heterocycles. The summed E-state index contributed by atoms with van der Waals surface area (Å²) in [5.41, 5.74) is 0.291. The van der Waals surface area contributed by atoms with Crippen molar-refractivity contribution in [2.75, 3.05) is 19.7 Å². The molecule has 0 atom stereocenters. The van der Waals surface area contributed by atoms with E-state index in [0.29, 0.717) is 37.6 Å². The lowest BCUT2D eigenvalue weighted by Gasteiger charge is -2.32. The Bertz CT molecular complexity index is 736. The minimum atomic E-state index is -0.233. The van der Waals surface area contributed by atoms with Gasteiger partial charge in [0.2, 0.25) is 5.91 Å². The van der Waals surface area contributed by atoms with Crippen molar-refractivity contribution < 1.29 is 18.8 Å². The number of ether oxygens (including phenoxy) is 1. The second kappa shape index (κ2) is 8.51. The number of aromatic nitrogens is 1. The van der Waals surface area contributed by atoms with Gasteiger partial charge in [0.25, 0.3) is 5.91 Å². The van der Waals surface area contributed by atoms with Gasteiger partial charge in [0.15, 0.2) is 5.69 Å². The molecule has 0 spiro atoms. The Morgan fingerprint density at radius 2 is 2.00 bits per heavy atom. The van der Waals surface area contributed by atoms with Gasteiger partial charge in [-0.1, -0.05) is 23.4 Å². The Morgan fingerprint density at radius 3 is 2.65 bits per heavy atom. The van der Waals surface area contributed by atoms with Gasteiger partial charge in [-0.05, 0) is 31.9 Å². The molecule has 2 heterocycles. The van der Waals surface area contributed by atoms with E-state index in [-0.39, 0.29) is 17.9 Å². The Balaban J connectivity index is 1.37. The van der Waals surface area contributed by atoms with E-state index < -0.39 is 0 Å². The first-order valence-corrected chi connectivity index (χ1v) is 8.81. The minimum Gasteiger partial charge on any atom is -0.493 e. The normalized spacial score (nSPS) is 14.9. The Hall–Kier alpha value is -2.83. The molecule has 1 aromatic carbocycles. The first-order chi connectivity index (χ1) is 12.6. The van der Waals surface area contributed by atoms with Crippen molar-refractivity contribution in [3.63, 3.8) is 0 Å². The first kappa shape index (κ1) is 18.0. The maximum absolute atomic E-state index is 12.3. The predicted octanol–water partition coefficient (Wildman–Crippen LogP) is 2.17. The molecule has 1 aliphatic rings. The molecular weight excluding hydrogens is 334 g/mol. The fraction of sp³-hybridized carbons (Fsp3) is 0.421. The third-order valence-electron chi connectivity index (χ3n) is 4.37. The number of hydrogen-bond acceptors (Lipinski definition) is 5. The molecule has 3 rings (SSSR count). The minimum absolute atomic E-state index is 0.0455. The summed E-state index contributed by atoms with van der Waals surface area (Å²) >= 11 is 0. The third kappa shape index (κ3) is 4.84.